The van der Waals surface area contributed by atoms with E-state index in [0.29, 0.717) is 11.4 Å². The number of nitro groups is 1. The zero-order valence-corrected chi connectivity index (χ0v) is 14.9. The molecule has 1 aromatic carbocycles. The van der Waals surface area contributed by atoms with Crippen LogP contribution >= 0.6 is 12.2 Å². The van der Waals surface area contributed by atoms with Gasteiger partial charge in [0.2, 0.25) is 0 Å². The number of hydrazone groups is 1. The zero-order valence-electron chi connectivity index (χ0n) is 13.3. The van der Waals surface area contributed by atoms with Gasteiger partial charge in [-0.1, -0.05) is 6.07 Å². The fourth-order valence-electron chi connectivity index (χ4n) is 1.86. The standard InChI is InChI=1S/C14H13N5O5S2/c1-9(11-4-2-3-7-15-11)17-18-14(25)16-12-6-5-10(19(20)21)8-13(12)26(22,23)24/h2-8H,1H3,(H2,16,18,25)(H,22,23,24). The van der Waals surface area contributed by atoms with Crippen molar-refractivity contribution in [2.24, 2.45) is 5.10 Å². The van der Waals surface area contributed by atoms with Gasteiger partial charge in [-0.15, -0.1) is 0 Å². The molecule has 12 heteroatoms. The molecule has 0 spiro atoms. The molecule has 0 fully saturated rings. The minimum Gasteiger partial charge on any atom is -0.330 e. The first-order valence-corrected chi connectivity index (χ1v) is 8.82. The van der Waals surface area contributed by atoms with E-state index in [-0.39, 0.29) is 10.8 Å². The van der Waals surface area contributed by atoms with E-state index in [1.807, 2.05) is 0 Å². The number of anilines is 1. The van der Waals surface area contributed by atoms with E-state index in [9.17, 15) is 23.1 Å². The predicted molar refractivity (Wildman–Crippen MR) is 98.7 cm³/mol. The maximum Gasteiger partial charge on any atom is 0.296 e. The molecule has 26 heavy (non-hydrogen) atoms. The lowest BCUT2D eigenvalue weighted by atomic mass is 10.3. The molecule has 0 saturated carbocycles. The largest absolute Gasteiger partial charge is 0.330 e. The van der Waals surface area contributed by atoms with Crippen molar-refractivity contribution in [3.05, 3.63) is 58.4 Å². The summed E-state index contributed by atoms with van der Waals surface area (Å²) in [6.45, 7) is 1.69. The van der Waals surface area contributed by atoms with Gasteiger partial charge in [-0.2, -0.15) is 13.5 Å². The summed E-state index contributed by atoms with van der Waals surface area (Å²) >= 11 is 5.01. The molecule has 0 saturated heterocycles. The number of hydrogen-bond donors (Lipinski definition) is 3. The third-order valence-corrected chi connectivity index (χ3v) is 4.15. The number of benzene rings is 1. The van der Waals surface area contributed by atoms with Gasteiger partial charge in [0.15, 0.2) is 5.11 Å². The first-order chi connectivity index (χ1) is 12.2. The number of nitrogens with one attached hydrogen (secondary N) is 2. The van der Waals surface area contributed by atoms with Crippen molar-refractivity contribution in [3.63, 3.8) is 0 Å². The maximum absolute atomic E-state index is 11.5. The van der Waals surface area contributed by atoms with Crippen LogP contribution in [0.25, 0.3) is 0 Å². The quantitative estimate of drug-likeness (QED) is 0.227. The topological polar surface area (TPSA) is 147 Å². The Morgan fingerprint density at radius 2 is 2.08 bits per heavy atom. The van der Waals surface area contributed by atoms with Gasteiger partial charge in [0.25, 0.3) is 15.8 Å². The number of thiocarbonyl (C=S) groups is 1. The minimum atomic E-state index is -4.71. The van der Waals surface area contributed by atoms with Crippen molar-refractivity contribution in [2.75, 3.05) is 5.32 Å². The van der Waals surface area contributed by atoms with Gasteiger partial charge in [0.05, 0.1) is 22.0 Å². The van der Waals surface area contributed by atoms with Crippen LogP contribution in [0.5, 0.6) is 0 Å². The summed E-state index contributed by atoms with van der Waals surface area (Å²) in [5, 5.41) is 17.2. The van der Waals surface area contributed by atoms with Crippen molar-refractivity contribution in [3.8, 4) is 0 Å². The van der Waals surface area contributed by atoms with Crippen molar-refractivity contribution in [1.29, 1.82) is 0 Å². The number of rotatable bonds is 5. The van der Waals surface area contributed by atoms with E-state index in [0.717, 1.165) is 18.2 Å². The van der Waals surface area contributed by atoms with Crippen LogP contribution in [0.2, 0.25) is 0 Å². The normalized spacial score (nSPS) is 11.7. The van der Waals surface area contributed by atoms with Gasteiger partial charge >= 0.3 is 0 Å². The van der Waals surface area contributed by atoms with Crippen LogP contribution in [-0.4, -0.2) is 33.7 Å². The van der Waals surface area contributed by atoms with Crippen LogP contribution in [0.1, 0.15) is 12.6 Å². The highest BCUT2D eigenvalue weighted by molar-refractivity contribution is 7.86. The number of aromatic nitrogens is 1. The van der Waals surface area contributed by atoms with Gasteiger partial charge in [0, 0.05) is 18.3 Å². The fraction of sp³-hybridized carbons (Fsp3) is 0.0714. The molecule has 0 bridgehead atoms. The molecule has 0 unspecified atom stereocenters. The summed E-state index contributed by atoms with van der Waals surface area (Å²) in [4.78, 5) is 13.4. The summed E-state index contributed by atoms with van der Waals surface area (Å²) < 4.78 is 32.2. The summed E-state index contributed by atoms with van der Waals surface area (Å²) in [5.74, 6) is 0. The Balaban J connectivity index is 2.20. The van der Waals surface area contributed by atoms with Crippen molar-refractivity contribution >= 4 is 44.5 Å². The van der Waals surface area contributed by atoms with E-state index in [1.165, 1.54) is 0 Å². The van der Waals surface area contributed by atoms with E-state index in [4.69, 9.17) is 12.2 Å². The van der Waals surface area contributed by atoms with E-state index >= 15 is 0 Å². The van der Waals surface area contributed by atoms with Crippen LogP contribution < -0.4 is 10.7 Å². The molecule has 0 aliphatic rings. The van der Waals surface area contributed by atoms with Crippen LogP contribution in [-0.2, 0) is 10.1 Å². The molecule has 1 aromatic heterocycles. The number of pyridine rings is 1. The summed E-state index contributed by atoms with van der Waals surface area (Å²) in [6, 6.07) is 8.19. The molecular formula is C14H13N5O5S2. The zero-order chi connectivity index (χ0) is 19.3. The van der Waals surface area contributed by atoms with Crippen LogP contribution in [0, 0.1) is 10.1 Å². The molecule has 3 N–H and O–H groups in total. The first-order valence-electron chi connectivity index (χ1n) is 6.97. The number of nitro benzene ring substituents is 1. The Morgan fingerprint density at radius 1 is 1.35 bits per heavy atom. The lowest BCUT2D eigenvalue weighted by molar-refractivity contribution is -0.385. The molecular weight excluding hydrogens is 382 g/mol. The molecule has 2 rings (SSSR count). The highest BCUT2D eigenvalue weighted by Gasteiger charge is 2.20. The maximum atomic E-state index is 11.5. The van der Waals surface area contributed by atoms with Gasteiger partial charge in [-0.25, -0.2) is 0 Å². The molecule has 0 atom stereocenters. The molecule has 0 aliphatic carbocycles. The number of nitrogens with zero attached hydrogens (tertiary/aromatic N) is 3. The highest BCUT2D eigenvalue weighted by atomic mass is 32.2. The van der Waals surface area contributed by atoms with Crippen molar-refractivity contribution in [1.82, 2.24) is 10.4 Å². The smallest absolute Gasteiger partial charge is 0.296 e. The third-order valence-electron chi connectivity index (χ3n) is 3.06. The Kier molecular flexibility index (Phi) is 5.92. The molecule has 0 amide bonds. The second-order valence-corrected chi connectivity index (χ2v) is 6.69. The van der Waals surface area contributed by atoms with E-state index in [2.05, 4.69) is 20.8 Å². The minimum absolute atomic E-state index is 0.0842. The Labute approximate surface area is 153 Å². The second kappa shape index (κ2) is 7.95. The number of non-ortho nitro benzene ring substituents is 1. The van der Waals surface area contributed by atoms with Crippen LogP contribution in [0.3, 0.4) is 0 Å². The second-order valence-electron chi connectivity index (χ2n) is 4.89. The SMILES string of the molecule is CC(=NNC(=S)Nc1ccc([N+](=O)[O-])cc1S(=O)(=O)O)c1ccccn1. The average Bonchev–Trinajstić information content (AvgIpc) is 2.59. The molecule has 10 nitrogen and oxygen atoms in total. The van der Waals surface area contributed by atoms with Gasteiger partial charge < -0.3 is 5.32 Å². The third kappa shape index (κ3) is 5.02. The Morgan fingerprint density at radius 3 is 2.65 bits per heavy atom. The van der Waals surface area contributed by atoms with Crippen LogP contribution in [0.4, 0.5) is 11.4 Å². The predicted octanol–water partition coefficient (Wildman–Crippen LogP) is 1.95. The average molecular weight is 395 g/mol. The van der Waals surface area contributed by atoms with E-state index in [1.54, 1.807) is 31.3 Å². The fourth-order valence-corrected chi connectivity index (χ4v) is 2.68. The molecule has 2 aromatic rings. The Bertz CT molecular complexity index is 976. The molecule has 136 valence electrons. The van der Waals surface area contributed by atoms with Crippen molar-refractivity contribution < 1.29 is 17.9 Å². The van der Waals surface area contributed by atoms with Gasteiger partial charge in [-0.3, -0.25) is 25.1 Å². The number of hydrogen-bond acceptors (Lipinski definition) is 7. The Hall–Kier alpha value is -2.96. The van der Waals surface area contributed by atoms with Crippen LogP contribution in [0.15, 0.2) is 52.6 Å². The van der Waals surface area contributed by atoms with E-state index < -0.39 is 25.6 Å². The lowest BCUT2D eigenvalue weighted by Gasteiger charge is -2.11. The monoisotopic (exact) mass is 395 g/mol. The molecule has 1 heterocycles. The molecule has 0 aliphatic heterocycles. The first kappa shape index (κ1) is 19.4. The summed E-state index contributed by atoms with van der Waals surface area (Å²) in [5.41, 5.74) is 3.00. The molecule has 0 radical (unpaired) electrons. The van der Waals surface area contributed by atoms with Gasteiger partial charge in [0.1, 0.15) is 4.90 Å². The highest BCUT2D eigenvalue weighted by Crippen LogP contribution is 2.26. The lowest BCUT2D eigenvalue weighted by Crippen LogP contribution is -2.26. The summed E-state index contributed by atoms with van der Waals surface area (Å²) in [6.07, 6.45) is 1.60. The summed E-state index contributed by atoms with van der Waals surface area (Å²) in [7, 11) is -4.71. The van der Waals surface area contributed by atoms with Crippen molar-refractivity contribution in [2.45, 2.75) is 11.8 Å². The van der Waals surface area contributed by atoms with Gasteiger partial charge in [-0.05, 0) is 37.3 Å².